The number of methoxy groups -OCH3 is 3. The zero-order chi connectivity index (χ0) is 62.5. The number of imidazole rings is 1. The van der Waals surface area contributed by atoms with Gasteiger partial charge in [0, 0.05) is 43.1 Å². The third-order valence-corrected chi connectivity index (χ3v) is 18.6. The van der Waals surface area contributed by atoms with Gasteiger partial charge in [-0.05, 0) is 105 Å². The van der Waals surface area contributed by atoms with Gasteiger partial charge in [0.25, 0.3) is 14.1 Å². The number of amides is 2. The molecule has 462 valence electrons. The highest BCUT2D eigenvalue weighted by Gasteiger charge is 2.45. The van der Waals surface area contributed by atoms with Crippen LogP contribution in [-0.4, -0.2) is 133 Å². The first-order valence-electron chi connectivity index (χ1n) is 28.5. The standard InChI is InChI=1S/C63H70N9O14PS/c1-41(2)72(42(3)4)87(84-33-13-31-64)86-53-37-57(85-54(53)39-83-63(44-14-9-8-10-15-44,45-18-22-47(79-5)23-19-45)46-20-24-48(80-6)25-21-46)71-40-66-58-59(71)68-61(69-60(58)75)67-55(73)30-32-65-56(74)36-43-38-70(52-17-12-11-16-51(43)52)62(76)82-34-35-88(77,78)50-28-26-49(81-7)27-29-50/h8-12,14-29,38,40-42,53-54,57H,13,30,32-37,39H2,1-7H3,(H,65,74)(H2,67,68,69,73,75)/t53-,54?,57-,87?/m1/s1. The molecule has 0 bridgehead atoms. The van der Waals surface area contributed by atoms with E-state index in [9.17, 15) is 32.9 Å². The minimum atomic E-state index is -3.78. The maximum absolute atomic E-state index is 13.7. The van der Waals surface area contributed by atoms with Crippen LogP contribution in [0.2, 0.25) is 0 Å². The summed E-state index contributed by atoms with van der Waals surface area (Å²) in [7, 11) is -0.889. The predicted octanol–water partition coefficient (Wildman–Crippen LogP) is 9.20. The van der Waals surface area contributed by atoms with Crippen molar-refractivity contribution < 1.29 is 60.3 Å². The number of nitrogens with zero attached hydrogens (tertiary/aromatic N) is 6. The summed E-state index contributed by atoms with van der Waals surface area (Å²) in [5.74, 6) is 0.141. The van der Waals surface area contributed by atoms with Crippen molar-refractivity contribution in [3.63, 3.8) is 0 Å². The lowest BCUT2D eigenvalue weighted by Gasteiger charge is -2.39. The normalized spacial score (nSPS) is 15.6. The van der Waals surface area contributed by atoms with E-state index in [-0.39, 0.29) is 79.5 Å². The van der Waals surface area contributed by atoms with Crippen LogP contribution >= 0.6 is 8.53 Å². The monoisotopic (exact) mass is 1240 g/mol. The number of para-hydroxylation sites is 1. The average Bonchev–Trinajstić information content (AvgIpc) is 1.18. The fourth-order valence-electron chi connectivity index (χ4n) is 10.5. The number of fused-ring (bicyclic) bond motifs is 2. The van der Waals surface area contributed by atoms with E-state index in [2.05, 4.69) is 36.3 Å². The lowest BCUT2D eigenvalue weighted by Crippen LogP contribution is -2.39. The van der Waals surface area contributed by atoms with Gasteiger partial charge in [-0.25, -0.2) is 22.9 Å². The van der Waals surface area contributed by atoms with Crippen molar-refractivity contribution in [2.24, 2.45) is 0 Å². The zero-order valence-corrected chi connectivity index (χ0v) is 51.5. The second-order valence-electron chi connectivity index (χ2n) is 21.1. The van der Waals surface area contributed by atoms with Crippen LogP contribution in [0.4, 0.5) is 10.7 Å². The molecule has 2 unspecified atom stereocenters. The second kappa shape index (κ2) is 29.0. The van der Waals surface area contributed by atoms with Crippen molar-refractivity contribution in [1.29, 1.82) is 5.26 Å². The summed E-state index contributed by atoms with van der Waals surface area (Å²) >= 11 is 0. The number of nitrogens with one attached hydrogen (secondary N) is 3. The van der Waals surface area contributed by atoms with Crippen LogP contribution in [0.15, 0.2) is 150 Å². The summed E-state index contributed by atoms with van der Waals surface area (Å²) in [6.07, 6.45) is -0.325. The number of rotatable bonds is 28. The minimum absolute atomic E-state index is 0.0178. The van der Waals surface area contributed by atoms with Gasteiger partial charge in [-0.1, -0.05) is 72.8 Å². The van der Waals surface area contributed by atoms with Gasteiger partial charge in [0.15, 0.2) is 21.0 Å². The van der Waals surface area contributed by atoms with Crippen LogP contribution in [0.5, 0.6) is 17.2 Å². The molecule has 9 rings (SSSR count). The summed E-state index contributed by atoms with van der Waals surface area (Å²) in [5, 5.41) is 15.5. The van der Waals surface area contributed by atoms with E-state index in [0.29, 0.717) is 33.7 Å². The third kappa shape index (κ3) is 14.7. The summed E-state index contributed by atoms with van der Waals surface area (Å²) < 4.78 is 80.3. The highest BCUT2D eigenvalue weighted by molar-refractivity contribution is 7.91. The molecule has 4 atom stereocenters. The number of carbonyl (C=O) groups is 3. The molecule has 1 aliphatic rings. The molecule has 25 heteroatoms. The third-order valence-electron chi connectivity index (χ3n) is 14.7. The molecular weight excluding hydrogens is 1170 g/mol. The minimum Gasteiger partial charge on any atom is -0.497 e. The van der Waals surface area contributed by atoms with Gasteiger partial charge in [0.1, 0.15) is 41.8 Å². The molecule has 23 nitrogen and oxygen atoms in total. The SMILES string of the molecule is COc1ccc(C(OCC2O[C@@H](n3cnc4c(=O)[nH]c(NC(=O)CCNC(=O)Cc5cn(C(=O)OCCS(=O)(=O)c6ccc(OC)cc6)c6ccccc56)nc43)C[C@H]2OP(OCCC#N)N(C(C)C)C(C)C)(c2ccccc2)c2ccc(OC)cc2)cc1. The fourth-order valence-corrected chi connectivity index (χ4v) is 13.4. The molecule has 4 heterocycles. The van der Waals surface area contributed by atoms with Gasteiger partial charge in [-0.15, -0.1) is 0 Å². The van der Waals surface area contributed by atoms with E-state index in [0.717, 1.165) is 16.7 Å². The summed E-state index contributed by atoms with van der Waals surface area (Å²) in [5.41, 5.74) is 1.56. The van der Waals surface area contributed by atoms with E-state index in [1.54, 1.807) is 43.1 Å². The Morgan fingerprint density at radius 1 is 0.830 bits per heavy atom. The molecule has 88 heavy (non-hydrogen) atoms. The summed E-state index contributed by atoms with van der Waals surface area (Å²) in [6.45, 7) is 7.75. The number of hydrogen-bond acceptors (Lipinski definition) is 18. The predicted molar refractivity (Wildman–Crippen MR) is 329 cm³/mol. The van der Waals surface area contributed by atoms with E-state index in [1.165, 1.54) is 48.5 Å². The molecule has 3 N–H and O–H groups in total. The number of sulfone groups is 1. The molecule has 5 aromatic carbocycles. The Morgan fingerprint density at radius 3 is 2.07 bits per heavy atom. The van der Waals surface area contributed by atoms with E-state index in [4.69, 9.17) is 37.5 Å². The van der Waals surface area contributed by atoms with Crippen molar-refractivity contribution in [2.45, 2.75) is 94.4 Å². The lowest BCUT2D eigenvalue weighted by molar-refractivity contribution is -0.120. The van der Waals surface area contributed by atoms with Crippen LogP contribution in [0.3, 0.4) is 0 Å². The molecule has 2 amide bonds. The molecule has 1 saturated heterocycles. The van der Waals surface area contributed by atoms with E-state index >= 15 is 0 Å². The Morgan fingerprint density at radius 2 is 1.44 bits per heavy atom. The number of ether oxygens (including phenoxy) is 6. The molecule has 0 aliphatic carbocycles. The molecule has 0 radical (unpaired) electrons. The van der Waals surface area contributed by atoms with Gasteiger partial charge >= 0.3 is 6.09 Å². The smallest absolute Gasteiger partial charge is 0.418 e. The van der Waals surface area contributed by atoms with Gasteiger partial charge in [0.05, 0.1) is 82.1 Å². The number of anilines is 1. The zero-order valence-electron chi connectivity index (χ0n) is 49.8. The number of aromatic amines is 1. The summed E-state index contributed by atoms with van der Waals surface area (Å²) in [6, 6.07) is 40.1. The Balaban J connectivity index is 0.915. The highest BCUT2D eigenvalue weighted by Crippen LogP contribution is 2.51. The number of carbonyl (C=O) groups excluding carboxylic acids is 3. The Kier molecular flexibility index (Phi) is 21.1. The maximum Gasteiger partial charge on any atom is 0.418 e. The first kappa shape index (κ1) is 64.0. The fraction of sp³-hybridized carbons (Fsp3) is 0.349. The van der Waals surface area contributed by atoms with E-state index < -0.39 is 78.2 Å². The molecule has 3 aromatic heterocycles. The van der Waals surface area contributed by atoms with Crippen molar-refractivity contribution in [3.05, 3.63) is 173 Å². The lowest BCUT2D eigenvalue weighted by atomic mass is 9.80. The quantitative estimate of drug-likeness (QED) is 0.0234. The second-order valence-corrected chi connectivity index (χ2v) is 24.6. The van der Waals surface area contributed by atoms with Crippen LogP contribution in [0.25, 0.3) is 22.1 Å². The van der Waals surface area contributed by atoms with E-state index in [1.807, 2.05) is 107 Å². The van der Waals surface area contributed by atoms with Gasteiger partial charge in [-0.3, -0.25) is 33.8 Å². The van der Waals surface area contributed by atoms with Gasteiger partial charge in [-0.2, -0.15) is 10.2 Å². The average molecular weight is 1240 g/mol. The van der Waals surface area contributed by atoms with Crippen molar-refractivity contribution in [1.82, 2.24) is 34.1 Å². The molecule has 0 saturated carbocycles. The number of H-pyrrole nitrogens is 1. The Bertz CT molecular complexity index is 3860. The number of benzene rings is 5. The Labute approximate surface area is 510 Å². The van der Waals surface area contributed by atoms with Gasteiger partial charge in [0.2, 0.25) is 17.8 Å². The number of hydrogen-bond donors (Lipinski definition) is 3. The van der Waals surface area contributed by atoms with Crippen LogP contribution in [-0.2, 0) is 54.7 Å². The van der Waals surface area contributed by atoms with Crippen molar-refractivity contribution >= 4 is 64.3 Å². The molecule has 0 spiro atoms. The molecule has 1 aliphatic heterocycles. The first-order chi connectivity index (χ1) is 42.5. The molecule has 1 fully saturated rings. The number of aromatic nitrogens is 5. The maximum atomic E-state index is 13.7. The van der Waals surface area contributed by atoms with Gasteiger partial charge < -0.3 is 42.8 Å². The van der Waals surface area contributed by atoms with Crippen molar-refractivity contribution in [3.8, 4) is 23.3 Å². The molecule has 8 aromatic rings. The highest BCUT2D eigenvalue weighted by atomic mass is 32.2. The largest absolute Gasteiger partial charge is 0.497 e. The summed E-state index contributed by atoms with van der Waals surface area (Å²) in [4.78, 5) is 65.6. The van der Waals surface area contributed by atoms with Crippen LogP contribution < -0.4 is 30.4 Å². The van der Waals surface area contributed by atoms with Crippen LogP contribution in [0, 0.1) is 11.3 Å². The topological polar surface area (TPSA) is 279 Å². The molecular formula is C63H70N9O14PS. The Hall–Kier alpha value is -8.53. The first-order valence-corrected chi connectivity index (χ1v) is 31.3. The number of nitriles is 1. The van der Waals surface area contributed by atoms with Crippen molar-refractivity contribution in [2.75, 3.05) is 58.8 Å². The van der Waals surface area contributed by atoms with Crippen LogP contribution in [0.1, 0.15) is 75.4 Å².